The first-order valence-corrected chi connectivity index (χ1v) is 19.1. The minimum Gasteiger partial charge on any atom is -0.496 e. The zero-order chi connectivity index (χ0) is 26.8. The first-order chi connectivity index (χ1) is 15.8. The molecule has 0 spiro atoms. The van der Waals surface area contributed by atoms with Crippen LogP contribution >= 0.6 is 0 Å². The van der Waals surface area contributed by atoms with Crippen LogP contribution in [0.15, 0.2) is 29.3 Å². The fourth-order valence-electron chi connectivity index (χ4n) is 5.33. The Kier molecular flexibility index (Phi) is 7.23. The minimum absolute atomic E-state index is 0.0128. The third-order valence-corrected chi connectivity index (χ3v) is 14.1. The molecule has 0 aliphatic heterocycles. The van der Waals surface area contributed by atoms with Crippen LogP contribution in [0.4, 0.5) is 0 Å². The van der Waals surface area contributed by atoms with E-state index in [9.17, 15) is 9.90 Å². The van der Waals surface area contributed by atoms with Gasteiger partial charge in [0.25, 0.3) is 0 Å². The van der Waals surface area contributed by atoms with Crippen molar-refractivity contribution in [2.75, 3.05) is 7.11 Å². The van der Waals surface area contributed by atoms with E-state index in [1.165, 1.54) is 0 Å². The van der Waals surface area contributed by atoms with Crippen molar-refractivity contribution in [3.8, 4) is 5.75 Å². The second-order valence-electron chi connectivity index (χ2n) is 13.4. The lowest BCUT2D eigenvalue weighted by molar-refractivity contribution is -0.0620. The first-order valence-electron chi connectivity index (χ1n) is 12.8. The molecule has 2 bridgehead atoms. The number of hydrogen-bond acceptors (Lipinski definition) is 5. The highest BCUT2D eigenvalue weighted by Gasteiger charge is 2.59. The number of ether oxygens (including phenoxy) is 1. The molecule has 5 nitrogen and oxygen atoms in total. The monoisotopic (exact) mass is 518 g/mol. The van der Waals surface area contributed by atoms with Gasteiger partial charge in [-0.05, 0) is 68.3 Å². The lowest BCUT2D eigenvalue weighted by Crippen LogP contribution is -2.60. The Bertz CT molecular complexity index is 1030. The molecule has 0 amide bonds. The molecule has 0 aromatic heterocycles. The number of carbonyl (C=O) groups is 1. The molecule has 3 atom stereocenters. The van der Waals surface area contributed by atoms with Gasteiger partial charge in [-0.15, -0.1) is 0 Å². The van der Waals surface area contributed by atoms with Gasteiger partial charge in [-0.3, -0.25) is 4.79 Å². The van der Waals surface area contributed by atoms with Crippen LogP contribution in [0.5, 0.6) is 5.75 Å². The number of carbonyl (C=O) groups excluding carboxylic acids is 1. The number of rotatable bonds is 5. The maximum atomic E-state index is 14.4. The van der Waals surface area contributed by atoms with Crippen LogP contribution in [-0.2, 0) is 8.85 Å². The average molecular weight is 519 g/mol. The maximum absolute atomic E-state index is 14.4. The second kappa shape index (κ2) is 8.94. The predicted molar refractivity (Wildman–Crippen MR) is 147 cm³/mol. The molecule has 1 aromatic rings. The standard InChI is InChI=1S/C28H46O5Si2/c1-18-20-16-22(32-34(8,9)10)19-14-13-15-21(31-7)24(19)25(29)28(30,27(20,5)6)17-23(18)33-35(11,12)26(2,3)4/h13-15,22-23,30H,16-17H2,1-12H3/t22-,23-,28+/m0/s1. The van der Waals surface area contributed by atoms with Gasteiger partial charge in [0.05, 0.1) is 24.9 Å². The van der Waals surface area contributed by atoms with E-state index in [1.54, 1.807) is 13.2 Å². The van der Waals surface area contributed by atoms with Crippen molar-refractivity contribution in [3.63, 3.8) is 0 Å². The SMILES string of the molecule is COc1cccc2c1C(=O)[C@]1(O)C[C@H](O[Si](C)(C)C(C)(C)C)C(C)=C(C[C@@H]2O[Si](C)(C)C)C1(C)C. The molecule has 0 saturated heterocycles. The van der Waals surface area contributed by atoms with Crippen LogP contribution in [-0.4, -0.2) is 46.3 Å². The molecule has 3 rings (SSSR count). The molecule has 0 saturated carbocycles. The van der Waals surface area contributed by atoms with Crippen molar-refractivity contribution in [3.05, 3.63) is 40.5 Å². The molecule has 35 heavy (non-hydrogen) atoms. The number of methoxy groups -OCH3 is 1. The highest BCUT2D eigenvalue weighted by molar-refractivity contribution is 6.74. The molecular weight excluding hydrogens is 472 g/mol. The largest absolute Gasteiger partial charge is 0.496 e. The van der Waals surface area contributed by atoms with E-state index < -0.39 is 27.7 Å². The van der Waals surface area contributed by atoms with Crippen molar-refractivity contribution in [2.45, 2.75) is 110 Å². The lowest BCUT2D eigenvalue weighted by atomic mass is 9.56. The lowest BCUT2D eigenvalue weighted by Gasteiger charge is -2.53. The molecule has 2 aliphatic rings. The Morgan fingerprint density at radius 1 is 1.03 bits per heavy atom. The molecule has 2 aliphatic carbocycles. The van der Waals surface area contributed by atoms with Gasteiger partial charge in [0.2, 0.25) is 0 Å². The van der Waals surface area contributed by atoms with Gasteiger partial charge >= 0.3 is 0 Å². The smallest absolute Gasteiger partial charge is 0.199 e. The van der Waals surface area contributed by atoms with Crippen LogP contribution in [0.1, 0.15) is 76.4 Å². The van der Waals surface area contributed by atoms with E-state index in [2.05, 4.69) is 60.4 Å². The Labute approximate surface area is 214 Å². The summed E-state index contributed by atoms with van der Waals surface area (Å²) in [6.07, 6.45) is 0.223. The van der Waals surface area contributed by atoms with Crippen molar-refractivity contribution < 1.29 is 23.5 Å². The highest BCUT2D eigenvalue weighted by atomic mass is 28.4. The minimum atomic E-state index is -2.16. The Balaban J connectivity index is 2.30. The summed E-state index contributed by atoms with van der Waals surface area (Å²) in [6, 6.07) is 5.66. The number of aliphatic hydroxyl groups is 1. The van der Waals surface area contributed by atoms with Crippen LogP contribution in [0.25, 0.3) is 0 Å². The fourth-order valence-corrected chi connectivity index (χ4v) is 7.72. The van der Waals surface area contributed by atoms with Crippen molar-refractivity contribution in [1.82, 2.24) is 0 Å². The van der Waals surface area contributed by atoms with E-state index in [0.717, 1.165) is 16.7 Å². The van der Waals surface area contributed by atoms with E-state index in [4.69, 9.17) is 13.6 Å². The van der Waals surface area contributed by atoms with E-state index in [0.29, 0.717) is 17.7 Å². The summed E-state index contributed by atoms with van der Waals surface area (Å²) < 4.78 is 19.3. The topological polar surface area (TPSA) is 65.0 Å². The second-order valence-corrected chi connectivity index (χ2v) is 22.6. The third-order valence-electron chi connectivity index (χ3n) is 8.58. The maximum Gasteiger partial charge on any atom is 0.199 e. The Hall–Kier alpha value is -1.26. The van der Waals surface area contributed by atoms with Crippen molar-refractivity contribution in [1.29, 1.82) is 0 Å². The molecule has 0 heterocycles. The van der Waals surface area contributed by atoms with Crippen molar-refractivity contribution in [2.24, 2.45) is 5.41 Å². The van der Waals surface area contributed by atoms with Crippen LogP contribution in [0.2, 0.25) is 37.8 Å². The van der Waals surface area contributed by atoms with Gasteiger partial charge in [0.15, 0.2) is 22.4 Å². The summed E-state index contributed by atoms with van der Waals surface area (Å²) in [5.41, 5.74) is 1.05. The summed E-state index contributed by atoms with van der Waals surface area (Å²) in [5.74, 6) is 0.185. The molecule has 1 aromatic carbocycles. The van der Waals surface area contributed by atoms with Gasteiger partial charge in [-0.2, -0.15) is 0 Å². The zero-order valence-corrected chi connectivity index (χ0v) is 25.9. The Morgan fingerprint density at radius 3 is 2.14 bits per heavy atom. The number of Topliss-reactive ketones (excluding diaryl/α,β-unsaturated/α-hetero) is 1. The van der Waals surface area contributed by atoms with Crippen molar-refractivity contribution >= 4 is 22.4 Å². The van der Waals surface area contributed by atoms with Crippen LogP contribution in [0, 0.1) is 5.41 Å². The van der Waals surface area contributed by atoms with E-state index in [-0.39, 0.29) is 29.5 Å². The first kappa shape index (κ1) is 28.3. The average Bonchev–Trinajstić information content (AvgIpc) is 2.70. The van der Waals surface area contributed by atoms with Gasteiger partial charge in [0, 0.05) is 11.8 Å². The van der Waals surface area contributed by atoms with Gasteiger partial charge in [-0.1, -0.05) is 52.3 Å². The zero-order valence-electron chi connectivity index (χ0n) is 23.9. The molecule has 7 heteroatoms. The highest BCUT2D eigenvalue weighted by Crippen LogP contribution is 2.56. The Morgan fingerprint density at radius 2 is 1.63 bits per heavy atom. The fraction of sp³-hybridized carbons (Fsp3) is 0.679. The van der Waals surface area contributed by atoms with Gasteiger partial charge in [0.1, 0.15) is 11.4 Å². The van der Waals surface area contributed by atoms with E-state index in [1.807, 2.05) is 26.0 Å². The molecule has 0 fully saturated rings. The molecule has 1 N–H and O–H groups in total. The predicted octanol–water partition coefficient (Wildman–Crippen LogP) is 7.04. The summed E-state index contributed by atoms with van der Waals surface area (Å²) in [7, 11) is -2.56. The van der Waals surface area contributed by atoms with Gasteiger partial charge in [-0.25, -0.2) is 0 Å². The third kappa shape index (κ3) is 4.87. The van der Waals surface area contributed by atoms with Crippen LogP contribution in [0.3, 0.4) is 0 Å². The van der Waals surface area contributed by atoms with Gasteiger partial charge < -0.3 is 18.7 Å². The number of fused-ring (bicyclic) bond motifs is 3. The summed E-state index contributed by atoms with van der Waals surface area (Å²) >= 11 is 0. The van der Waals surface area contributed by atoms with E-state index >= 15 is 0 Å². The summed E-state index contributed by atoms with van der Waals surface area (Å²) in [5, 5.41) is 12.4. The molecule has 0 radical (unpaired) electrons. The summed E-state index contributed by atoms with van der Waals surface area (Å²) in [6.45, 7) is 23.7. The number of ketones is 1. The molecule has 196 valence electrons. The molecule has 0 unspecified atom stereocenters. The summed E-state index contributed by atoms with van der Waals surface area (Å²) in [4.78, 5) is 14.4. The molecular formula is C28H46O5Si2. The quantitative estimate of drug-likeness (QED) is 0.334. The normalized spacial score (nSPS) is 27.3. The van der Waals surface area contributed by atoms with Crippen LogP contribution < -0.4 is 4.74 Å². The number of benzene rings is 1. The number of hydrogen-bond donors (Lipinski definition) is 1.